The molecule has 2 rings (SSSR count). The van der Waals surface area contributed by atoms with Gasteiger partial charge in [0.1, 0.15) is 0 Å². The number of aryl methyl sites for hydroxylation is 1. The van der Waals surface area contributed by atoms with E-state index in [0.717, 1.165) is 6.54 Å². The van der Waals surface area contributed by atoms with Crippen LogP contribution in [0.1, 0.15) is 36.3 Å². The number of aliphatic hydroxyl groups is 1. The summed E-state index contributed by atoms with van der Waals surface area (Å²) in [5.41, 5.74) is 2.51. The fraction of sp³-hybridized carbons (Fsp3) is 0.571. The van der Waals surface area contributed by atoms with Gasteiger partial charge < -0.3 is 10.4 Å². The predicted molar refractivity (Wildman–Crippen MR) is 66.6 cm³/mol. The van der Waals surface area contributed by atoms with Crippen LogP contribution < -0.4 is 5.32 Å². The van der Waals surface area contributed by atoms with E-state index in [1.54, 1.807) is 0 Å². The Morgan fingerprint density at radius 3 is 2.50 bits per heavy atom. The number of hydrogen-bond acceptors (Lipinski definition) is 2. The van der Waals surface area contributed by atoms with Gasteiger partial charge in [0, 0.05) is 18.5 Å². The first-order valence-electron chi connectivity index (χ1n) is 6.20. The minimum absolute atomic E-state index is 0.225. The summed E-state index contributed by atoms with van der Waals surface area (Å²) in [4.78, 5) is 0. The minimum atomic E-state index is 0.225. The van der Waals surface area contributed by atoms with Crippen molar-refractivity contribution in [1.82, 2.24) is 5.32 Å². The third kappa shape index (κ3) is 2.83. The molecule has 2 N–H and O–H groups in total. The summed E-state index contributed by atoms with van der Waals surface area (Å²) in [6.45, 7) is 3.21. The van der Waals surface area contributed by atoms with E-state index < -0.39 is 0 Å². The van der Waals surface area contributed by atoms with Gasteiger partial charge in [0.15, 0.2) is 0 Å². The van der Waals surface area contributed by atoms with E-state index in [4.69, 9.17) is 0 Å². The van der Waals surface area contributed by atoms with E-state index in [9.17, 15) is 5.11 Å². The Morgan fingerprint density at radius 2 is 2.00 bits per heavy atom. The van der Waals surface area contributed by atoms with Crippen molar-refractivity contribution in [3.05, 3.63) is 35.4 Å². The molecule has 1 aliphatic carbocycles. The maximum Gasteiger partial charge on any atom is 0.0511 e. The van der Waals surface area contributed by atoms with Crippen LogP contribution in [0.15, 0.2) is 24.3 Å². The topological polar surface area (TPSA) is 32.3 Å². The maximum atomic E-state index is 9.41. The van der Waals surface area contributed by atoms with Crippen molar-refractivity contribution in [3.8, 4) is 0 Å². The van der Waals surface area contributed by atoms with Crippen molar-refractivity contribution in [3.63, 3.8) is 0 Å². The van der Waals surface area contributed by atoms with Gasteiger partial charge in [0.25, 0.3) is 0 Å². The molecule has 0 aromatic heterocycles. The lowest BCUT2D eigenvalue weighted by Crippen LogP contribution is -2.38. The first-order chi connectivity index (χ1) is 7.79. The van der Waals surface area contributed by atoms with Crippen LogP contribution in [0, 0.1) is 6.92 Å². The van der Waals surface area contributed by atoms with Gasteiger partial charge >= 0.3 is 0 Å². The second-order valence-electron chi connectivity index (χ2n) is 4.83. The number of nitrogens with one attached hydrogen (secondary N) is 1. The number of rotatable bonds is 5. The van der Waals surface area contributed by atoms with Crippen LogP contribution in [0.5, 0.6) is 0 Å². The van der Waals surface area contributed by atoms with Crippen LogP contribution in [0.25, 0.3) is 0 Å². The van der Waals surface area contributed by atoms with Gasteiger partial charge in [-0.05, 0) is 25.3 Å². The second-order valence-corrected chi connectivity index (χ2v) is 4.83. The average molecular weight is 219 g/mol. The van der Waals surface area contributed by atoms with Gasteiger partial charge in [-0.1, -0.05) is 36.2 Å². The SMILES string of the molecule is Cc1ccc(C(CO)CNC2CCC2)cc1. The molecule has 88 valence electrons. The smallest absolute Gasteiger partial charge is 0.0511 e. The van der Waals surface area contributed by atoms with Crippen molar-refractivity contribution < 1.29 is 5.11 Å². The van der Waals surface area contributed by atoms with Crippen molar-refractivity contribution in [1.29, 1.82) is 0 Å². The molecular weight excluding hydrogens is 198 g/mol. The quantitative estimate of drug-likeness (QED) is 0.796. The van der Waals surface area contributed by atoms with Gasteiger partial charge in [-0.15, -0.1) is 0 Å². The van der Waals surface area contributed by atoms with Crippen LogP contribution in [0.2, 0.25) is 0 Å². The molecule has 0 saturated heterocycles. The zero-order valence-corrected chi connectivity index (χ0v) is 9.95. The van der Waals surface area contributed by atoms with E-state index in [-0.39, 0.29) is 12.5 Å². The Balaban J connectivity index is 1.90. The number of benzene rings is 1. The largest absolute Gasteiger partial charge is 0.396 e. The van der Waals surface area contributed by atoms with Crippen LogP contribution in [-0.2, 0) is 0 Å². The number of aliphatic hydroxyl groups excluding tert-OH is 1. The molecule has 1 aromatic rings. The first kappa shape index (κ1) is 11.6. The molecule has 1 fully saturated rings. The van der Waals surface area contributed by atoms with Gasteiger partial charge in [0.2, 0.25) is 0 Å². The molecule has 0 amide bonds. The lowest BCUT2D eigenvalue weighted by molar-refractivity contribution is 0.247. The molecule has 16 heavy (non-hydrogen) atoms. The maximum absolute atomic E-state index is 9.41. The summed E-state index contributed by atoms with van der Waals surface area (Å²) < 4.78 is 0. The Hall–Kier alpha value is -0.860. The molecular formula is C14H21NO. The molecule has 0 spiro atoms. The van der Waals surface area contributed by atoms with E-state index in [0.29, 0.717) is 6.04 Å². The second kappa shape index (κ2) is 5.46. The highest BCUT2D eigenvalue weighted by Crippen LogP contribution is 2.20. The first-order valence-corrected chi connectivity index (χ1v) is 6.20. The molecule has 2 heteroatoms. The summed E-state index contributed by atoms with van der Waals surface area (Å²) >= 11 is 0. The third-order valence-corrected chi connectivity index (χ3v) is 3.53. The van der Waals surface area contributed by atoms with Crippen molar-refractivity contribution in [2.75, 3.05) is 13.2 Å². The van der Waals surface area contributed by atoms with Crippen molar-refractivity contribution >= 4 is 0 Å². The minimum Gasteiger partial charge on any atom is -0.396 e. The van der Waals surface area contributed by atoms with Gasteiger partial charge in [-0.3, -0.25) is 0 Å². The average Bonchev–Trinajstić information content (AvgIpc) is 2.24. The fourth-order valence-corrected chi connectivity index (χ4v) is 2.05. The number of hydrogen-bond donors (Lipinski definition) is 2. The van der Waals surface area contributed by atoms with E-state index in [1.807, 2.05) is 0 Å². The lowest BCUT2D eigenvalue weighted by atomic mass is 9.91. The molecule has 1 saturated carbocycles. The van der Waals surface area contributed by atoms with Crippen LogP contribution in [0.3, 0.4) is 0 Å². The highest BCUT2D eigenvalue weighted by atomic mass is 16.3. The molecule has 1 atom stereocenters. The summed E-state index contributed by atoms with van der Waals surface area (Å²) in [6, 6.07) is 9.17. The monoisotopic (exact) mass is 219 g/mol. The van der Waals surface area contributed by atoms with Crippen molar-refractivity contribution in [2.45, 2.75) is 38.1 Å². The molecule has 0 heterocycles. The summed E-state index contributed by atoms with van der Waals surface area (Å²) in [6.07, 6.45) is 3.95. The Bertz CT molecular complexity index is 316. The van der Waals surface area contributed by atoms with Crippen molar-refractivity contribution in [2.24, 2.45) is 0 Å². The summed E-state index contributed by atoms with van der Waals surface area (Å²) in [7, 11) is 0. The highest BCUT2D eigenvalue weighted by molar-refractivity contribution is 5.24. The van der Waals surface area contributed by atoms with E-state index in [2.05, 4.69) is 36.5 Å². The molecule has 0 aliphatic heterocycles. The molecule has 1 unspecified atom stereocenters. The predicted octanol–water partition coefficient (Wildman–Crippen LogP) is 2.21. The highest BCUT2D eigenvalue weighted by Gasteiger charge is 2.18. The molecule has 2 nitrogen and oxygen atoms in total. The zero-order valence-electron chi connectivity index (χ0n) is 9.95. The normalized spacial score (nSPS) is 18.1. The van der Waals surface area contributed by atoms with Crippen LogP contribution >= 0.6 is 0 Å². The van der Waals surface area contributed by atoms with Gasteiger partial charge in [-0.2, -0.15) is 0 Å². The summed E-state index contributed by atoms with van der Waals surface area (Å²) in [5.74, 6) is 0.237. The van der Waals surface area contributed by atoms with Crippen LogP contribution in [0.4, 0.5) is 0 Å². The Labute approximate surface area is 97.7 Å². The Morgan fingerprint density at radius 1 is 1.31 bits per heavy atom. The lowest BCUT2D eigenvalue weighted by Gasteiger charge is -2.28. The van der Waals surface area contributed by atoms with Crippen LogP contribution in [-0.4, -0.2) is 24.3 Å². The molecule has 1 aromatic carbocycles. The molecule has 0 radical (unpaired) electrons. The standard InChI is InChI=1S/C14H21NO/c1-11-5-7-12(8-6-11)13(10-16)9-15-14-3-2-4-14/h5-8,13-16H,2-4,9-10H2,1H3. The Kier molecular flexibility index (Phi) is 3.97. The molecule has 0 bridgehead atoms. The third-order valence-electron chi connectivity index (χ3n) is 3.53. The summed E-state index contributed by atoms with van der Waals surface area (Å²) in [5, 5.41) is 12.9. The van der Waals surface area contributed by atoms with Gasteiger partial charge in [0.05, 0.1) is 6.61 Å². The van der Waals surface area contributed by atoms with E-state index in [1.165, 1.54) is 30.4 Å². The van der Waals surface area contributed by atoms with Gasteiger partial charge in [-0.25, -0.2) is 0 Å². The zero-order chi connectivity index (χ0) is 11.4. The molecule has 1 aliphatic rings. The fourth-order valence-electron chi connectivity index (χ4n) is 2.05. The van der Waals surface area contributed by atoms with E-state index >= 15 is 0 Å².